The van der Waals surface area contributed by atoms with Crippen LogP contribution in [0.2, 0.25) is 0 Å². The van der Waals surface area contributed by atoms with Gasteiger partial charge in [0.05, 0.1) is 0 Å². The fourth-order valence-electron chi connectivity index (χ4n) is 1.59. The van der Waals surface area contributed by atoms with Gasteiger partial charge in [0.2, 0.25) is 0 Å². The Bertz CT molecular complexity index is 658. The summed E-state index contributed by atoms with van der Waals surface area (Å²) in [6.45, 7) is 0.465. The quantitative estimate of drug-likeness (QED) is 0.724. The molecule has 18 heavy (non-hydrogen) atoms. The first-order valence-corrected chi connectivity index (χ1v) is 5.46. The van der Waals surface area contributed by atoms with E-state index in [0.29, 0.717) is 6.54 Å². The lowest BCUT2D eigenvalue weighted by Crippen LogP contribution is -2.35. The Morgan fingerprint density at radius 3 is 2.61 bits per heavy atom. The summed E-state index contributed by atoms with van der Waals surface area (Å²) < 4.78 is 0.976. The number of benzene rings is 1. The number of H-pyrrole nitrogens is 1. The van der Waals surface area contributed by atoms with Gasteiger partial charge in [0, 0.05) is 13.6 Å². The van der Waals surface area contributed by atoms with Gasteiger partial charge >= 0.3 is 5.69 Å². The van der Waals surface area contributed by atoms with Crippen molar-refractivity contribution >= 4 is 11.5 Å². The maximum Gasteiger partial charge on any atom is 0.329 e. The molecule has 0 aliphatic carbocycles. The molecule has 2 rings (SSSR count). The van der Waals surface area contributed by atoms with Crippen molar-refractivity contribution in [2.45, 2.75) is 6.54 Å². The molecule has 2 aromatic rings. The molecular weight excluding hydrogens is 232 g/mol. The molecule has 0 unspecified atom stereocenters. The number of hydrogen-bond acceptors (Lipinski definition) is 4. The van der Waals surface area contributed by atoms with Crippen LogP contribution in [0.25, 0.3) is 0 Å². The molecule has 1 heterocycles. The number of rotatable bonds is 3. The van der Waals surface area contributed by atoms with E-state index < -0.39 is 11.2 Å². The lowest BCUT2D eigenvalue weighted by molar-refractivity contribution is 0.779. The Morgan fingerprint density at radius 2 is 1.94 bits per heavy atom. The molecule has 0 spiro atoms. The van der Waals surface area contributed by atoms with E-state index in [2.05, 4.69) is 10.3 Å². The Hall–Kier alpha value is -2.50. The van der Waals surface area contributed by atoms with E-state index in [1.807, 2.05) is 30.3 Å². The molecule has 94 valence electrons. The molecule has 0 saturated carbocycles. The second-order valence-corrected chi connectivity index (χ2v) is 3.92. The van der Waals surface area contributed by atoms with Gasteiger partial charge in [-0.25, -0.2) is 4.79 Å². The minimum atomic E-state index is -0.525. The van der Waals surface area contributed by atoms with Gasteiger partial charge in [-0.1, -0.05) is 30.3 Å². The Morgan fingerprint density at radius 1 is 1.28 bits per heavy atom. The second-order valence-electron chi connectivity index (χ2n) is 3.92. The number of aromatic amines is 1. The molecule has 0 aliphatic heterocycles. The van der Waals surface area contributed by atoms with Crippen molar-refractivity contribution in [2.24, 2.45) is 7.05 Å². The second kappa shape index (κ2) is 4.79. The number of nitrogens with one attached hydrogen (secondary N) is 2. The van der Waals surface area contributed by atoms with E-state index in [4.69, 9.17) is 5.73 Å². The Kier molecular flexibility index (Phi) is 3.18. The highest BCUT2D eigenvalue weighted by Gasteiger charge is 2.08. The van der Waals surface area contributed by atoms with Crippen molar-refractivity contribution in [3.05, 3.63) is 56.7 Å². The Labute approximate surface area is 103 Å². The van der Waals surface area contributed by atoms with Gasteiger partial charge in [-0.05, 0) is 5.56 Å². The van der Waals surface area contributed by atoms with Gasteiger partial charge in [-0.15, -0.1) is 0 Å². The monoisotopic (exact) mass is 246 g/mol. The first kappa shape index (κ1) is 12.0. The van der Waals surface area contributed by atoms with Crippen LogP contribution in [-0.4, -0.2) is 9.55 Å². The molecule has 4 N–H and O–H groups in total. The largest absolute Gasteiger partial charge is 0.383 e. The summed E-state index contributed by atoms with van der Waals surface area (Å²) in [6.07, 6.45) is 0. The van der Waals surface area contributed by atoms with Crippen molar-refractivity contribution in [1.29, 1.82) is 0 Å². The zero-order chi connectivity index (χ0) is 13.1. The summed E-state index contributed by atoms with van der Waals surface area (Å²) in [6, 6.07) is 9.59. The minimum Gasteiger partial charge on any atom is -0.383 e. The molecule has 6 heteroatoms. The third kappa shape index (κ3) is 2.27. The van der Waals surface area contributed by atoms with Crippen LogP contribution in [0, 0.1) is 0 Å². The van der Waals surface area contributed by atoms with Gasteiger partial charge in [0.15, 0.2) is 0 Å². The van der Waals surface area contributed by atoms with Gasteiger partial charge in [-0.3, -0.25) is 14.3 Å². The summed E-state index contributed by atoms with van der Waals surface area (Å²) >= 11 is 0. The van der Waals surface area contributed by atoms with E-state index in [1.54, 1.807) is 0 Å². The molecule has 1 aromatic carbocycles. The van der Waals surface area contributed by atoms with Crippen LogP contribution in [0.1, 0.15) is 5.56 Å². The smallest absolute Gasteiger partial charge is 0.329 e. The van der Waals surface area contributed by atoms with Crippen LogP contribution in [0.4, 0.5) is 11.5 Å². The molecule has 0 amide bonds. The van der Waals surface area contributed by atoms with E-state index in [1.165, 1.54) is 7.05 Å². The maximum absolute atomic E-state index is 11.8. The topological polar surface area (TPSA) is 92.9 Å². The predicted octanol–water partition coefficient (Wildman–Crippen LogP) is 0.268. The zero-order valence-corrected chi connectivity index (χ0v) is 9.93. The number of hydrogen-bond donors (Lipinski definition) is 3. The third-order valence-corrected chi connectivity index (χ3v) is 2.65. The average Bonchev–Trinajstić information content (AvgIpc) is 2.37. The first-order valence-electron chi connectivity index (χ1n) is 5.46. The summed E-state index contributed by atoms with van der Waals surface area (Å²) in [5, 5.41) is 2.94. The molecule has 0 bridgehead atoms. The first-order chi connectivity index (χ1) is 8.59. The number of anilines is 2. The SMILES string of the molecule is Cn1c(=O)[nH]c(N)c(NCc2ccccc2)c1=O. The lowest BCUT2D eigenvalue weighted by Gasteiger charge is -2.09. The van der Waals surface area contributed by atoms with Crippen LogP contribution < -0.4 is 22.3 Å². The highest BCUT2D eigenvalue weighted by molar-refractivity contribution is 5.59. The molecule has 6 nitrogen and oxygen atoms in total. The van der Waals surface area contributed by atoms with Crippen molar-refractivity contribution in [3.8, 4) is 0 Å². The highest BCUT2D eigenvalue weighted by Crippen LogP contribution is 2.08. The molecule has 0 radical (unpaired) electrons. The fraction of sp³-hybridized carbons (Fsp3) is 0.167. The van der Waals surface area contributed by atoms with Crippen molar-refractivity contribution in [1.82, 2.24) is 9.55 Å². The van der Waals surface area contributed by atoms with Crippen LogP contribution >= 0.6 is 0 Å². The van der Waals surface area contributed by atoms with E-state index in [9.17, 15) is 9.59 Å². The molecule has 1 aromatic heterocycles. The van der Waals surface area contributed by atoms with E-state index in [0.717, 1.165) is 10.1 Å². The summed E-state index contributed by atoms with van der Waals surface area (Å²) in [5.41, 5.74) is 5.89. The standard InChI is InChI=1S/C12H14N4O2/c1-16-11(17)9(10(13)15-12(16)18)14-7-8-5-3-2-4-6-8/h2-6,14H,7,13H2,1H3,(H,15,18). The van der Waals surface area contributed by atoms with Crippen LogP contribution in [-0.2, 0) is 13.6 Å². The van der Waals surface area contributed by atoms with Gasteiger partial charge < -0.3 is 11.1 Å². The van der Waals surface area contributed by atoms with Crippen molar-refractivity contribution in [3.63, 3.8) is 0 Å². The summed E-state index contributed by atoms with van der Waals surface area (Å²) in [5.74, 6) is 0.0547. The molecule has 0 fully saturated rings. The highest BCUT2D eigenvalue weighted by atomic mass is 16.2. The molecule has 0 saturated heterocycles. The summed E-state index contributed by atoms with van der Waals surface area (Å²) in [7, 11) is 1.40. The zero-order valence-electron chi connectivity index (χ0n) is 9.93. The average molecular weight is 246 g/mol. The van der Waals surface area contributed by atoms with Crippen LogP contribution in [0.3, 0.4) is 0 Å². The van der Waals surface area contributed by atoms with E-state index in [-0.39, 0.29) is 11.5 Å². The number of nitrogen functional groups attached to an aromatic ring is 1. The van der Waals surface area contributed by atoms with Crippen LogP contribution in [0.15, 0.2) is 39.9 Å². The van der Waals surface area contributed by atoms with Gasteiger partial charge in [0.1, 0.15) is 11.5 Å². The van der Waals surface area contributed by atoms with Gasteiger partial charge in [0.25, 0.3) is 5.56 Å². The van der Waals surface area contributed by atoms with E-state index >= 15 is 0 Å². The Balaban J connectivity index is 2.28. The molecule has 0 aliphatic rings. The number of aromatic nitrogens is 2. The molecule has 0 atom stereocenters. The van der Waals surface area contributed by atoms with Gasteiger partial charge in [-0.2, -0.15) is 0 Å². The normalized spacial score (nSPS) is 10.3. The predicted molar refractivity (Wildman–Crippen MR) is 70.5 cm³/mol. The molecular formula is C12H14N4O2. The third-order valence-electron chi connectivity index (χ3n) is 2.65. The fourth-order valence-corrected chi connectivity index (χ4v) is 1.59. The lowest BCUT2D eigenvalue weighted by atomic mass is 10.2. The van der Waals surface area contributed by atoms with Crippen LogP contribution in [0.5, 0.6) is 0 Å². The van der Waals surface area contributed by atoms with Crippen molar-refractivity contribution in [2.75, 3.05) is 11.1 Å². The summed E-state index contributed by atoms with van der Waals surface area (Å²) in [4.78, 5) is 25.5. The number of nitrogens with zero attached hydrogens (tertiary/aromatic N) is 1. The minimum absolute atomic E-state index is 0.0547. The van der Waals surface area contributed by atoms with Crippen molar-refractivity contribution < 1.29 is 0 Å². The maximum atomic E-state index is 11.8. The number of nitrogens with two attached hydrogens (primary N) is 1.